The number of nitrogens with zero attached hydrogens (tertiary/aromatic N) is 2. The Labute approximate surface area is 86.8 Å². The Bertz CT molecular complexity index is 311. The highest BCUT2D eigenvalue weighted by molar-refractivity contribution is 5.24. The predicted molar refractivity (Wildman–Crippen MR) is 59.3 cm³/mol. The van der Waals surface area contributed by atoms with E-state index in [1.165, 1.54) is 11.3 Å². The summed E-state index contributed by atoms with van der Waals surface area (Å²) in [6, 6.07) is 0. The highest BCUT2D eigenvalue weighted by Gasteiger charge is 2.15. The minimum Gasteiger partial charge on any atom is -0.241 e. The Balaban J connectivity index is 3.02. The zero-order valence-electron chi connectivity index (χ0n) is 9.89. The molecule has 0 aliphatic heterocycles. The standard InChI is InChI=1S/C12H20N2/c1-6-10-9(2)13-8-14-11(10)7-12(3,4)5/h8H,6-7H2,1-5H3. The van der Waals surface area contributed by atoms with E-state index >= 15 is 0 Å². The maximum absolute atomic E-state index is 4.38. The van der Waals surface area contributed by atoms with Crippen molar-refractivity contribution in [3.05, 3.63) is 23.3 Å². The van der Waals surface area contributed by atoms with Crippen LogP contribution in [0.5, 0.6) is 0 Å². The molecule has 0 aromatic carbocycles. The molecule has 1 heterocycles. The van der Waals surface area contributed by atoms with Gasteiger partial charge >= 0.3 is 0 Å². The van der Waals surface area contributed by atoms with Gasteiger partial charge in [0.25, 0.3) is 0 Å². The largest absolute Gasteiger partial charge is 0.241 e. The lowest BCUT2D eigenvalue weighted by Crippen LogP contribution is -2.13. The Morgan fingerprint density at radius 2 is 1.86 bits per heavy atom. The van der Waals surface area contributed by atoms with E-state index in [-0.39, 0.29) is 0 Å². The Morgan fingerprint density at radius 3 is 2.36 bits per heavy atom. The van der Waals surface area contributed by atoms with Gasteiger partial charge in [0.15, 0.2) is 0 Å². The first kappa shape index (κ1) is 11.2. The van der Waals surface area contributed by atoms with Crippen LogP contribution < -0.4 is 0 Å². The quantitative estimate of drug-likeness (QED) is 0.720. The van der Waals surface area contributed by atoms with Crippen molar-refractivity contribution in [3.8, 4) is 0 Å². The lowest BCUT2D eigenvalue weighted by molar-refractivity contribution is 0.404. The SMILES string of the molecule is CCc1c(C)ncnc1CC(C)(C)C. The molecule has 14 heavy (non-hydrogen) atoms. The van der Waals surface area contributed by atoms with Crippen LogP contribution in [-0.4, -0.2) is 9.97 Å². The van der Waals surface area contributed by atoms with E-state index in [1.807, 2.05) is 0 Å². The molecule has 0 radical (unpaired) electrons. The lowest BCUT2D eigenvalue weighted by atomic mass is 9.88. The summed E-state index contributed by atoms with van der Waals surface area (Å²) < 4.78 is 0. The highest BCUT2D eigenvalue weighted by atomic mass is 14.8. The van der Waals surface area contributed by atoms with E-state index in [1.54, 1.807) is 6.33 Å². The Hall–Kier alpha value is -0.920. The first-order valence-corrected chi connectivity index (χ1v) is 5.23. The third kappa shape index (κ3) is 2.79. The molecule has 0 bridgehead atoms. The van der Waals surface area contributed by atoms with Crippen LogP contribution in [0.4, 0.5) is 0 Å². The average molecular weight is 192 g/mol. The van der Waals surface area contributed by atoms with Gasteiger partial charge in [0.1, 0.15) is 6.33 Å². The second-order valence-electron chi connectivity index (χ2n) is 4.98. The third-order valence-corrected chi connectivity index (χ3v) is 2.30. The topological polar surface area (TPSA) is 25.8 Å². The third-order valence-electron chi connectivity index (χ3n) is 2.30. The molecule has 0 amide bonds. The number of hydrogen-bond acceptors (Lipinski definition) is 2. The monoisotopic (exact) mass is 192 g/mol. The molecule has 0 spiro atoms. The molecule has 0 saturated carbocycles. The van der Waals surface area contributed by atoms with E-state index < -0.39 is 0 Å². The van der Waals surface area contributed by atoms with E-state index in [0.717, 1.165) is 18.5 Å². The summed E-state index contributed by atoms with van der Waals surface area (Å²) in [5.74, 6) is 0. The fourth-order valence-electron chi connectivity index (χ4n) is 1.66. The number of hydrogen-bond donors (Lipinski definition) is 0. The van der Waals surface area contributed by atoms with Crippen molar-refractivity contribution in [2.45, 2.75) is 47.5 Å². The normalized spacial score (nSPS) is 11.8. The molecular weight excluding hydrogens is 172 g/mol. The summed E-state index contributed by atoms with van der Waals surface area (Å²) in [6.45, 7) is 10.9. The summed E-state index contributed by atoms with van der Waals surface area (Å²) in [6.07, 6.45) is 3.73. The molecule has 2 nitrogen and oxygen atoms in total. The van der Waals surface area contributed by atoms with Crippen molar-refractivity contribution in [3.63, 3.8) is 0 Å². The van der Waals surface area contributed by atoms with Crippen molar-refractivity contribution < 1.29 is 0 Å². The van der Waals surface area contributed by atoms with Gasteiger partial charge in [0.05, 0.1) is 0 Å². The molecular formula is C12H20N2. The van der Waals surface area contributed by atoms with Gasteiger partial charge in [0.2, 0.25) is 0 Å². The van der Waals surface area contributed by atoms with Gasteiger partial charge < -0.3 is 0 Å². The van der Waals surface area contributed by atoms with Crippen LogP contribution in [-0.2, 0) is 12.8 Å². The summed E-state index contributed by atoms with van der Waals surface area (Å²) in [4.78, 5) is 8.61. The summed E-state index contributed by atoms with van der Waals surface area (Å²) in [7, 11) is 0. The molecule has 0 fully saturated rings. The first-order chi connectivity index (χ1) is 6.44. The van der Waals surface area contributed by atoms with Gasteiger partial charge in [-0.15, -0.1) is 0 Å². The van der Waals surface area contributed by atoms with E-state index in [2.05, 4.69) is 44.6 Å². The lowest BCUT2D eigenvalue weighted by Gasteiger charge is -2.19. The van der Waals surface area contributed by atoms with Crippen LogP contribution in [0.3, 0.4) is 0 Å². The van der Waals surface area contributed by atoms with Crippen molar-refractivity contribution in [2.75, 3.05) is 0 Å². The van der Waals surface area contributed by atoms with Crippen LogP contribution >= 0.6 is 0 Å². The predicted octanol–water partition coefficient (Wildman–Crippen LogP) is 2.94. The zero-order valence-corrected chi connectivity index (χ0v) is 9.89. The maximum Gasteiger partial charge on any atom is 0.115 e. The molecule has 0 aliphatic rings. The molecule has 0 saturated heterocycles. The Kier molecular flexibility index (Phi) is 3.25. The molecule has 1 rings (SSSR count). The molecule has 0 aliphatic carbocycles. The van der Waals surface area contributed by atoms with Crippen LogP contribution in [0, 0.1) is 12.3 Å². The van der Waals surface area contributed by atoms with Crippen LogP contribution in [0.25, 0.3) is 0 Å². The van der Waals surface area contributed by atoms with Crippen LogP contribution in [0.1, 0.15) is 44.6 Å². The van der Waals surface area contributed by atoms with Gasteiger partial charge in [-0.05, 0) is 30.7 Å². The molecule has 2 heteroatoms. The molecule has 1 aromatic rings. The molecule has 1 aromatic heterocycles. The fourth-order valence-corrected chi connectivity index (χ4v) is 1.66. The van der Waals surface area contributed by atoms with Crippen LogP contribution in [0.15, 0.2) is 6.33 Å². The van der Waals surface area contributed by atoms with Crippen molar-refractivity contribution in [1.29, 1.82) is 0 Å². The second-order valence-corrected chi connectivity index (χ2v) is 4.98. The van der Waals surface area contributed by atoms with E-state index in [4.69, 9.17) is 0 Å². The molecule has 0 unspecified atom stereocenters. The van der Waals surface area contributed by atoms with Crippen molar-refractivity contribution in [1.82, 2.24) is 9.97 Å². The van der Waals surface area contributed by atoms with Gasteiger partial charge in [-0.1, -0.05) is 27.7 Å². The summed E-state index contributed by atoms with van der Waals surface area (Å²) >= 11 is 0. The Morgan fingerprint density at radius 1 is 1.21 bits per heavy atom. The minimum atomic E-state index is 0.296. The van der Waals surface area contributed by atoms with Gasteiger partial charge in [0, 0.05) is 11.4 Å². The number of aryl methyl sites for hydroxylation is 1. The molecule has 78 valence electrons. The van der Waals surface area contributed by atoms with Crippen molar-refractivity contribution in [2.24, 2.45) is 5.41 Å². The minimum absolute atomic E-state index is 0.296. The number of rotatable bonds is 2. The molecule has 0 atom stereocenters. The smallest absolute Gasteiger partial charge is 0.115 e. The number of aromatic nitrogens is 2. The van der Waals surface area contributed by atoms with Gasteiger partial charge in [-0.3, -0.25) is 0 Å². The van der Waals surface area contributed by atoms with Gasteiger partial charge in [-0.25, -0.2) is 9.97 Å². The summed E-state index contributed by atoms with van der Waals surface area (Å²) in [5.41, 5.74) is 3.96. The highest BCUT2D eigenvalue weighted by Crippen LogP contribution is 2.22. The second kappa shape index (κ2) is 4.07. The van der Waals surface area contributed by atoms with Crippen LogP contribution in [0.2, 0.25) is 0 Å². The fraction of sp³-hybridized carbons (Fsp3) is 0.667. The first-order valence-electron chi connectivity index (χ1n) is 5.23. The maximum atomic E-state index is 4.38. The summed E-state index contributed by atoms with van der Waals surface area (Å²) in [5, 5.41) is 0. The van der Waals surface area contributed by atoms with E-state index in [0.29, 0.717) is 5.41 Å². The molecule has 0 N–H and O–H groups in total. The van der Waals surface area contributed by atoms with Crippen molar-refractivity contribution >= 4 is 0 Å². The zero-order chi connectivity index (χ0) is 10.8. The van der Waals surface area contributed by atoms with Gasteiger partial charge in [-0.2, -0.15) is 0 Å². The van der Waals surface area contributed by atoms with E-state index in [9.17, 15) is 0 Å². The average Bonchev–Trinajstić information content (AvgIpc) is 2.01.